The van der Waals surface area contributed by atoms with Gasteiger partial charge < -0.3 is 4.74 Å². The van der Waals surface area contributed by atoms with E-state index >= 15 is 0 Å². The number of fused-ring (bicyclic) bond motifs is 3. The predicted molar refractivity (Wildman–Crippen MR) is 98.7 cm³/mol. The average Bonchev–Trinajstić information content (AvgIpc) is 2.96. The van der Waals surface area contributed by atoms with Crippen molar-refractivity contribution in [1.29, 1.82) is 0 Å². The highest BCUT2D eigenvalue weighted by molar-refractivity contribution is 7.25. The Morgan fingerprint density at radius 3 is 2.79 bits per heavy atom. The van der Waals surface area contributed by atoms with Gasteiger partial charge in [0.15, 0.2) is 0 Å². The molecule has 1 aromatic carbocycles. The topological polar surface area (TPSA) is 52.1 Å². The van der Waals surface area contributed by atoms with Crippen molar-refractivity contribution in [3.8, 4) is 0 Å². The molecule has 2 heterocycles. The Morgan fingerprint density at radius 1 is 1.17 bits per heavy atom. The molecule has 0 fully saturated rings. The second-order valence-electron chi connectivity index (χ2n) is 5.70. The molecule has 3 aromatic rings. The molecule has 0 saturated heterocycles. The summed E-state index contributed by atoms with van der Waals surface area (Å²) in [7, 11) is 1.42. The number of halogens is 1. The number of esters is 1. The minimum absolute atomic E-state index is 0.139. The lowest BCUT2D eigenvalue weighted by Crippen LogP contribution is -1.99. The van der Waals surface area contributed by atoms with Gasteiger partial charge in [-0.05, 0) is 18.9 Å². The molecule has 6 heteroatoms. The monoisotopic (exact) mass is 362 g/mol. The number of aryl methyl sites for hydroxylation is 1. The molecule has 4 nitrogen and oxygen atoms in total. The molecule has 0 atom stereocenters. The van der Waals surface area contributed by atoms with Crippen LogP contribution in [0.2, 0.25) is 5.15 Å². The lowest BCUT2D eigenvalue weighted by atomic mass is 10.1. The largest absolute Gasteiger partial charge is 0.469 e. The third-order valence-electron chi connectivity index (χ3n) is 4.00. The summed E-state index contributed by atoms with van der Waals surface area (Å²) in [5, 5.41) is 2.62. The van der Waals surface area contributed by atoms with E-state index in [9.17, 15) is 4.79 Å². The zero-order valence-corrected chi connectivity index (χ0v) is 15.1. The molecular formula is C18H19ClN2O2S. The maximum Gasteiger partial charge on any atom is 0.305 e. The second-order valence-corrected chi connectivity index (χ2v) is 7.09. The summed E-state index contributed by atoms with van der Waals surface area (Å²) < 4.78 is 5.82. The fraction of sp³-hybridized carbons (Fsp3) is 0.389. The van der Waals surface area contributed by atoms with Crippen LogP contribution in [-0.2, 0) is 16.0 Å². The van der Waals surface area contributed by atoms with Gasteiger partial charge in [-0.1, -0.05) is 42.6 Å². The minimum Gasteiger partial charge on any atom is -0.469 e. The SMILES string of the molecule is COC(=O)CCCCCCc1nc(Cl)c2c(n1)sc1ccccc12. The lowest BCUT2D eigenvalue weighted by Gasteiger charge is -2.03. The zero-order chi connectivity index (χ0) is 16.9. The third-order valence-corrected chi connectivity index (χ3v) is 5.34. The van der Waals surface area contributed by atoms with Crippen LogP contribution >= 0.6 is 22.9 Å². The predicted octanol–water partition coefficient (Wildman–Crippen LogP) is 5.16. The van der Waals surface area contributed by atoms with Crippen molar-refractivity contribution in [2.45, 2.75) is 38.5 Å². The van der Waals surface area contributed by atoms with E-state index < -0.39 is 0 Å². The first-order chi connectivity index (χ1) is 11.7. The number of nitrogens with zero attached hydrogens (tertiary/aromatic N) is 2. The van der Waals surface area contributed by atoms with Gasteiger partial charge in [-0.2, -0.15) is 0 Å². The Labute approximate surface area is 149 Å². The number of unbranched alkanes of at least 4 members (excludes halogenated alkanes) is 3. The molecule has 3 rings (SSSR count). The van der Waals surface area contributed by atoms with Gasteiger partial charge in [0.2, 0.25) is 0 Å². The summed E-state index contributed by atoms with van der Waals surface area (Å²) in [4.78, 5) is 21.2. The van der Waals surface area contributed by atoms with E-state index in [0.717, 1.165) is 53.5 Å². The molecule has 0 aliphatic rings. The van der Waals surface area contributed by atoms with Crippen molar-refractivity contribution in [1.82, 2.24) is 9.97 Å². The molecule has 0 unspecified atom stereocenters. The van der Waals surface area contributed by atoms with Crippen LogP contribution in [0.5, 0.6) is 0 Å². The normalized spacial score (nSPS) is 11.2. The van der Waals surface area contributed by atoms with Gasteiger partial charge in [0.25, 0.3) is 0 Å². The van der Waals surface area contributed by atoms with E-state index in [1.165, 1.54) is 11.8 Å². The number of rotatable bonds is 7. The van der Waals surface area contributed by atoms with Gasteiger partial charge in [-0.3, -0.25) is 4.79 Å². The van der Waals surface area contributed by atoms with Crippen LogP contribution < -0.4 is 0 Å². The molecule has 24 heavy (non-hydrogen) atoms. The maximum absolute atomic E-state index is 11.0. The summed E-state index contributed by atoms with van der Waals surface area (Å²) >= 11 is 8.06. The van der Waals surface area contributed by atoms with Crippen molar-refractivity contribution in [3.63, 3.8) is 0 Å². The molecular weight excluding hydrogens is 344 g/mol. The zero-order valence-electron chi connectivity index (χ0n) is 13.5. The number of hydrogen-bond donors (Lipinski definition) is 0. The highest BCUT2D eigenvalue weighted by atomic mass is 35.5. The molecule has 0 bridgehead atoms. The number of ether oxygens (including phenoxy) is 1. The van der Waals surface area contributed by atoms with Crippen molar-refractivity contribution in [2.75, 3.05) is 7.11 Å². The molecule has 0 saturated carbocycles. The quantitative estimate of drug-likeness (QED) is 0.331. The van der Waals surface area contributed by atoms with Gasteiger partial charge in [0, 0.05) is 22.9 Å². The Kier molecular flexibility index (Phi) is 5.63. The van der Waals surface area contributed by atoms with Crippen LogP contribution in [0, 0.1) is 0 Å². The van der Waals surface area contributed by atoms with E-state index in [2.05, 4.69) is 26.8 Å². The van der Waals surface area contributed by atoms with E-state index in [1.54, 1.807) is 11.3 Å². The summed E-state index contributed by atoms with van der Waals surface area (Å²) in [6.07, 6.45) is 5.21. The minimum atomic E-state index is -0.139. The molecule has 2 aromatic heterocycles. The first-order valence-electron chi connectivity index (χ1n) is 8.09. The maximum atomic E-state index is 11.0. The van der Waals surface area contributed by atoms with E-state index in [0.29, 0.717) is 11.6 Å². The van der Waals surface area contributed by atoms with Gasteiger partial charge in [-0.25, -0.2) is 9.97 Å². The number of thiophene rings is 1. The van der Waals surface area contributed by atoms with Crippen LogP contribution in [0.4, 0.5) is 0 Å². The first-order valence-corrected chi connectivity index (χ1v) is 9.29. The van der Waals surface area contributed by atoms with Crippen molar-refractivity contribution >= 4 is 49.2 Å². The van der Waals surface area contributed by atoms with Crippen LogP contribution in [0.1, 0.15) is 37.9 Å². The standard InChI is InChI=1S/C18H19ClN2O2S/c1-23-15(22)11-5-3-2-4-10-14-20-17(19)16-12-8-6-7-9-13(12)24-18(16)21-14/h6-9H,2-5,10-11H2,1H3. The van der Waals surface area contributed by atoms with Gasteiger partial charge in [0.1, 0.15) is 15.8 Å². The summed E-state index contributed by atoms with van der Waals surface area (Å²) in [6, 6.07) is 8.17. The summed E-state index contributed by atoms with van der Waals surface area (Å²) in [5.74, 6) is 0.660. The number of benzene rings is 1. The highest BCUT2D eigenvalue weighted by Gasteiger charge is 2.12. The fourth-order valence-electron chi connectivity index (χ4n) is 2.74. The van der Waals surface area contributed by atoms with Crippen LogP contribution in [0.25, 0.3) is 20.3 Å². The van der Waals surface area contributed by atoms with E-state index in [4.69, 9.17) is 11.6 Å². The Hall–Kier alpha value is -1.72. The van der Waals surface area contributed by atoms with Crippen molar-refractivity contribution < 1.29 is 9.53 Å². The Bertz CT molecular complexity index is 863. The molecule has 0 spiro atoms. The van der Waals surface area contributed by atoms with Gasteiger partial charge >= 0.3 is 5.97 Å². The molecule has 0 N–H and O–H groups in total. The van der Waals surface area contributed by atoms with Gasteiger partial charge in [0.05, 0.1) is 12.5 Å². The highest BCUT2D eigenvalue weighted by Crippen LogP contribution is 2.36. The Balaban J connectivity index is 1.62. The van der Waals surface area contributed by atoms with Crippen molar-refractivity contribution in [3.05, 3.63) is 35.2 Å². The number of carbonyl (C=O) groups is 1. The second kappa shape index (κ2) is 7.90. The van der Waals surface area contributed by atoms with Crippen molar-refractivity contribution in [2.24, 2.45) is 0 Å². The van der Waals surface area contributed by atoms with Crippen LogP contribution in [0.15, 0.2) is 24.3 Å². The summed E-state index contributed by atoms with van der Waals surface area (Å²) in [5.41, 5.74) is 0. The molecule has 0 aliphatic heterocycles. The molecule has 0 aliphatic carbocycles. The number of hydrogen-bond acceptors (Lipinski definition) is 5. The number of aromatic nitrogens is 2. The molecule has 126 valence electrons. The summed E-state index contributed by atoms with van der Waals surface area (Å²) in [6.45, 7) is 0. The lowest BCUT2D eigenvalue weighted by molar-refractivity contribution is -0.140. The number of methoxy groups -OCH3 is 1. The Morgan fingerprint density at radius 2 is 1.96 bits per heavy atom. The fourth-order valence-corrected chi connectivity index (χ4v) is 4.18. The molecule has 0 amide bonds. The number of carbonyl (C=O) groups excluding carboxylic acids is 1. The van der Waals surface area contributed by atoms with E-state index in [1.807, 2.05) is 12.1 Å². The first kappa shape index (κ1) is 17.1. The van der Waals surface area contributed by atoms with Gasteiger partial charge in [-0.15, -0.1) is 11.3 Å². The average molecular weight is 363 g/mol. The molecule has 0 radical (unpaired) electrons. The van der Waals surface area contributed by atoms with E-state index in [-0.39, 0.29) is 5.97 Å². The third kappa shape index (κ3) is 3.84. The van der Waals surface area contributed by atoms with Crippen LogP contribution in [-0.4, -0.2) is 23.0 Å². The smallest absolute Gasteiger partial charge is 0.305 e. The van der Waals surface area contributed by atoms with Crippen LogP contribution in [0.3, 0.4) is 0 Å².